The van der Waals surface area contributed by atoms with Crippen LogP contribution in [0.25, 0.3) is 11.3 Å². The van der Waals surface area contributed by atoms with Crippen LogP contribution in [-0.2, 0) is 0 Å². The summed E-state index contributed by atoms with van der Waals surface area (Å²) in [5, 5.41) is 9.75. The summed E-state index contributed by atoms with van der Waals surface area (Å²) in [6.07, 6.45) is 1.51. The van der Waals surface area contributed by atoms with Crippen molar-refractivity contribution in [1.82, 2.24) is 15.5 Å². The van der Waals surface area contributed by atoms with E-state index in [2.05, 4.69) is 15.5 Å². The summed E-state index contributed by atoms with van der Waals surface area (Å²) in [5.74, 6) is -0.525. The van der Waals surface area contributed by atoms with Gasteiger partial charge in [0.1, 0.15) is 5.82 Å². The molecule has 3 rings (SSSR count). The third-order valence-electron chi connectivity index (χ3n) is 3.66. The number of carbonyl (C=O) groups is 1. The summed E-state index contributed by atoms with van der Waals surface area (Å²) in [5.41, 5.74) is 2.88. The molecule has 0 spiro atoms. The van der Waals surface area contributed by atoms with E-state index < -0.39 is 0 Å². The van der Waals surface area contributed by atoms with Crippen molar-refractivity contribution in [2.75, 3.05) is 0 Å². The number of halogens is 1. The number of benzene rings is 2. The average Bonchev–Trinajstić information content (AvgIpc) is 3.06. The van der Waals surface area contributed by atoms with Gasteiger partial charge in [-0.1, -0.05) is 42.5 Å². The minimum absolute atomic E-state index is 0.227. The van der Waals surface area contributed by atoms with Crippen molar-refractivity contribution in [3.05, 3.63) is 77.7 Å². The second-order valence-corrected chi connectivity index (χ2v) is 5.27. The van der Waals surface area contributed by atoms with Crippen LogP contribution in [0.15, 0.2) is 60.8 Å². The molecule has 0 aliphatic carbocycles. The average molecular weight is 309 g/mol. The van der Waals surface area contributed by atoms with Gasteiger partial charge in [-0.25, -0.2) is 4.39 Å². The highest BCUT2D eigenvalue weighted by molar-refractivity contribution is 5.99. The van der Waals surface area contributed by atoms with E-state index in [1.165, 1.54) is 18.3 Å². The maximum Gasteiger partial charge on any atom is 0.255 e. The Labute approximate surface area is 133 Å². The topological polar surface area (TPSA) is 57.8 Å². The molecule has 0 aliphatic rings. The van der Waals surface area contributed by atoms with E-state index in [1.807, 2.05) is 37.3 Å². The van der Waals surface area contributed by atoms with Gasteiger partial charge < -0.3 is 5.32 Å². The maximum atomic E-state index is 13.0. The van der Waals surface area contributed by atoms with Crippen molar-refractivity contribution in [2.45, 2.75) is 13.0 Å². The first-order valence-corrected chi connectivity index (χ1v) is 7.30. The van der Waals surface area contributed by atoms with Crippen LogP contribution in [0.2, 0.25) is 0 Å². The molecule has 1 amide bonds. The van der Waals surface area contributed by atoms with E-state index >= 15 is 0 Å². The molecule has 2 aromatic carbocycles. The SMILES string of the molecule is C[C@H](NC(=O)c1cn[nH]c1-c1ccccc1)c1ccc(F)cc1. The van der Waals surface area contributed by atoms with Gasteiger partial charge in [-0.2, -0.15) is 5.10 Å². The molecule has 1 aromatic heterocycles. The number of carbonyl (C=O) groups excluding carboxylic acids is 1. The lowest BCUT2D eigenvalue weighted by atomic mass is 10.1. The number of H-pyrrole nitrogens is 1. The van der Waals surface area contributed by atoms with Crippen LogP contribution in [0.3, 0.4) is 0 Å². The van der Waals surface area contributed by atoms with E-state index in [0.717, 1.165) is 11.1 Å². The molecule has 0 radical (unpaired) electrons. The highest BCUT2D eigenvalue weighted by Gasteiger charge is 2.17. The van der Waals surface area contributed by atoms with Crippen LogP contribution in [0, 0.1) is 5.82 Å². The van der Waals surface area contributed by atoms with E-state index in [9.17, 15) is 9.18 Å². The van der Waals surface area contributed by atoms with E-state index in [1.54, 1.807) is 12.1 Å². The number of aromatic nitrogens is 2. The molecule has 1 heterocycles. The zero-order chi connectivity index (χ0) is 16.2. The number of nitrogens with one attached hydrogen (secondary N) is 2. The summed E-state index contributed by atoms with van der Waals surface area (Å²) < 4.78 is 13.0. The fourth-order valence-corrected chi connectivity index (χ4v) is 2.39. The van der Waals surface area contributed by atoms with Crippen LogP contribution in [-0.4, -0.2) is 16.1 Å². The fourth-order valence-electron chi connectivity index (χ4n) is 2.39. The molecule has 4 nitrogen and oxygen atoms in total. The van der Waals surface area contributed by atoms with Crippen LogP contribution in [0.1, 0.15) is 28.9 Å². The molecule has 0 saturated heterocycles. The Bertz CT molecular complexity index is 797. The van der Waals surface area contributed by atoms with Gasteiger partial charge in [-0.15, -0.1) is 0 Å². The maximum absolute atomic E-state index is 13.0. The molecule has 5 heteroatoms. The Kier molecular flexibility index (Phi) is 4.19. The number of rotatable bonds is 4. The van der Waals surface area contributed by atoms with Gasteiger partial charge in [-0.05, 0) is 24.6 Å². The number of amides is 1. The summed E-state index contributed by atoms with van der Waals surface area (Å²) >= 11 is 0. The second-order valence-electron chi connectivity index (χ2n) is 5.27. The van der Waals surface area contributed by atoms with Crippen LogP contribution in [0.5, 0.6) is 0 Å². The Morgan fingerprint density at radius 2 is 1.83 bits per heavy atom. The van der Waals surface area contributed by atoms with Gasteiger partial charge in [0.05, 0.1) is 23.5 Å². The highest BCUT2D eigenvalue weighted by Crippen LogP contribution is 2.21. The van der Waals surface area contributed by atoms with Gasteiger partial charge in [0, 0.05) is 5.56 Å². The van der Waals surface area contributed by atoms with E-state index in [-0.39, 0.29) is 17.8 Å². The minimum atomic E-state index is -0.298. The standard InChI is InChI=1S/C18H16FN3O/c1-12(13-7-9-15(19)10-8-13)21-18(23)16-11-20-22-17(16)14-5-3-2-4-6-14/h2-12H,1H3,(H,20,22)(H,21,23)/t12-/m0/s1. The van der Waals surface area contributed by atoms with Crippen molar-refractivity contribution in [2.24, 2.45) is 0 Å². The van der Waals surface area contributed by atoms with Gasteiger partial charge in [0.15, 0.2) is 0 Å². The van der Waals surface area contributed by atoms with E-state index in [0.29, 0.717) is 11.3 Å². The van der Waals surface area contributed by atoms with E-state index in [4.69, 9.17) is 0 Å². The zero-order valence-electron chi connectivity index (χ0n) is 12.6. The van der Waals surface area contributed by atoms with Gasteiger partial charge in [0.25, 0.3) is 5.91 Å². The Morgan fingerprint density at radius 3 is 2.52 bits per heavy atom. The summed E-state index contributed by atoms with van der Waals surface area (Å²) in [7, 11) is 0. The molecule has 1 atom stereocenters. The molecule has 23 heavy (non-hydrogen) atoms. The number of aromatic amines is 1. The molecule has 0 bridgehead atoms. The lowest BCUT2D eigenvalue weighted by Gasteiger charge is -2.14. The molecular formula is C18H16FN3O. The zero-order valence-corrected chi connectivity index (χ0v) is 12.6. The molecule has 116 valence electrons. The highest BCUT2D eigenvalue weighted by atomic mass is 19.1. The molecule has 0 saturated carbocycles. The predicted molar refractivity (Wildman–Crippen MR) is 86.3 cm³/mol. The molecule has 0 aliphatic heterocycles. The summed E-state index contributed by atoms with van der Waals surface area (Å²) in [6, 6.07) is 15.4. The third kappa shape index (κ3) is 3.29. The predicted octanol–water partition coefficient (Wildman–Crippen LogP) is 3.71. The van der Waals surface area contributed by atoms with Gasteiger partial charge in [-0.3, -0.25) is 9.89 Å². The Morgan fingerprint density at radius 1 is 1.13 bits per heavy atom. The smallest absolute Gasteiger partial charge is 0.255 e. The first-order chi connectivity index (χ1) is 11.1. The second kappa shape index (κ2) is 6.44. The molecule has 2 N–H and O–H groups in total. The quantitative estimate of drug-likeness (QED) is 0.772. The van der Waals surface area contributed by atoms with Gasteiger partial charge in [0.2, 0.25) is 0 Å². The fraction of sp³-hybridized carbons (Fsp3) is 0.111. The van der Waals surface area contributed by atoms with Crippen molar-refractivity contribution in [1.29, 1.82) is 0 Å². The molecular weight excluding hydrogens is 293 g/mol. The number of nitrogens with zero attached hydrogens (tertiary/aromatic N) is 1. The molecule has 0 unspecified atom stereocenters. The lowest BCUT2D eigenvalue weighted by molar-refractivity contribution is 0.0940. The normalized spacial score (nSPS) is 11.9. The first-order valence-electron chi connectivity index (χ1n) is 7.30. The van der Waals surface area contributed by atoms with Gasteiger partial charge >= 0.3 is 0 Å². The van der Waals surface area contributed by atoms with Crippen LogP contribution < -0.4 is 5.32 Å². The van der Waals surface area contributed by atoms with Crippen molar-refractivity contribution in [3.63, 3.8) is 0 Å². The Balaban J connectivity index is 1.79. The van der Waals surface area contributed by atoms with Crippen molar-refractivity contribution < 1.29 is 9.18 Å². The monoisotopic (exact) mass is 309 g/mol. The van der Waals surface area contributed by atoms with Crippen LogP contribution in [0.4, 0.5) is 4.39 Å². The van der Waals surface area contributed by atoms with Crippen molar-refractivity contribution in [3.8, 4) is 11.3 Å². The Hall–Kier alpha value is -2.95. The van der Waals surface area contributed by atoms with Crippen LogP contribution >= 0.6 is 0 Å². The lowest BCUT2D eigenvalue weighted by Crippen LogP contribution is -2.26. The summed E-state index contributed by atoms with van der Waals surface area (Å²) in [6.45, 7) is 1.85. The number of hydrogen-bond donors (Lipinski definition) is 2. The molecule has 3 aromatic rings. The largest absolute Gasteiger partial charge is 0.345 e. The molecule has 0 fully saturated rings. The number of hydrogen-bond acceptors (Lipinski definition) is 2. The van der Waals surface area contributed by atoms with Crippen molar-refractivity contribution >= 4 is 5.91 Å². The minimum Gasteiger partial charge on any atom is -0.345 e. The summed E-state index contributed by atoms with van der Waals surface area (Å²) in [4.78, 5) is 12.5. The first kappa shape index (κ1) is 15.0. The third-order valence-corrected chi connectivity index (χ3v) is 3.66.